The lowest BCUT2D eigenvalue weighted by Crippen LogP contribution is -2.60. The molecule has 1 saturated heterocycles. The van der Waals surface area contributed by atoms with Gasteiger partial charge in [-0.2, -0.15) is 0 Å². The molecule has 0 aromatic rings. The van der Waals surface area contributed by atoms with E-state index in [2.05, 4.69) is 11.9 Å². The number of amides is 2. The molecule has 0 saturated carbocycles. The molecule has 0 radical (unpaired) electrons. The number of carbonyl (C=O) groups is 3. The Labute approximate surface area is 205 Å². The molecular formula is C26H44N2O6. The van der Waals surface area contributed by atoms with E-state index in [1.807, 2.05) is 19.1 Å². The lowest BCUT2D eigenvalue weighted by molar-refractivity contribution is -0.160. The van der Waals surface area contributed by atoms with Gasteiger partial charge in [0, 0.05) is 20.0 Å². The highest BCUT2D eigenvalue weighted by molar-refractivity contribution is 5.83. The van der Waals surface area contributed by atoms with Gasteiger partial charge in [-0.3, -0.25) is 9.69 Å². The summed E-state index contributed by atoms with van der Waals surface area (Å²) in [6.07, 6.45) is 6.18. The highest BCUT2D eigenvalue weighted by Crippen LogP contribution is 2.37. The van der Waals surface area contributed by atoms with Crippen LogP contribution in [0.2, 0.25) is 0 Å². The average Bonchev–Trinajstić information content (AvgIpc) is 3.04. The molecule has 1 rings (SSSR count). The van der Waals surface area contributed by atoms with Gasteiger partial charge >= 0.3 is 12.1 Å². The first-order valence-corrected chi connectivity index (χ1v) is 11.9. The molecule has 0 aliphatic carbocycles. The topological polar surface area (TPSA) is 94.2 Å². The molecule has 1 aliphatic heterocycles. The van der Waals surface area contributed by atoms with Crippen molar-refractivity contribution in [3.8, 4) is 0 Å². The van der Waals surface area contributed by atoms with Crippen molar-refractivity contribution >= 4 is 18.0 Å². The summed E-state index contributed by atoms with van der Waals surface area (Å²) in [6.45, 7) is 17.8. The third-order valence-corrected chi connectivity index (χ3v) is 5.41. The quantitative estimate of drug-likeness (QED) is 0.389. The maximum atomic E-state index is 13.5. The number of carbonyl (C=O) groups excluding carboxylic acids is 3. The molecule has 194 valence electrons. The van der Waals surface area contributed by atoms with Gasteiger partial charge in [0.25, 0.3) is 0 Å². The molecule has 1 N–H and O–H groups in total. The summed E-state index contributed by atoms with van der Waals surface area (Å²) in [6, 6.07) is -2.03. The van der Waals surface area contributed by atoms with Crippen LogP contribution in [0.4, 0.5) is 4.79 Å². The largest absolute Gasteiger partial charge is 0.458 e. The molecule has 1 aliphatic rings. The maximum Gasteiger partial charge on any atom is 0.411 e. The van der Waals surface area contributed by atoms with Crippen LogP contribution in [-0.2, 0) is 23.8 Å². The number of rotatable bonds is 9. The van der Waals surface area contributed by atoms with Gasteiger partial charge in [-0.25, -0.2) is 9.59 Å². The van der Waals surface area contributed by atoms with E-state index < -0.39 is 47.5 Å². The van der Waals surface area contributed by atoms with Crippen molar-refractivity contribution in [2.45, 2.75) is 110 Å². The van der Waals surface area contributed by atoms with E-state index in [0.717, 1.165) is 0 Å². The molecule has 0 unspecified atom stereocenters. The van der Waals surface area contributed by atoms with Gasteiger partial charge in [-0.1, -0.05) is 18.2 Å². The third kappa shape index (κ3) is 8.78. The van der Waals surface area contributed by atoms with Crippen molar-refractivity contribution in [3.63, 3.8) is 0 Å². The maximum absolute atomic E-state index is 13.5. The van der Waals surface area contributed by atoms with Gasteiger partial charge in [-0.05, 0) is 67.7 Å². The molecule has 0 bridgehead atoms. The molecule has 2 amide bonds. The van der Waals surface area contributed by atoms with Crippen LogP contribution in [0.3, 0.4) is 0 Å². The monoisotopic (exact) mass is 480 g/mol. The SMILES string of the molecule is C=CCC[C@H](OC)[C@H](NC(C)=O)[C@H]1[C@H](/C=C\C)C[C@H](C(=O)OC(C)(C)C)N1C(=O)OC(C)(C)C. The summed E-state index contributed by atoms with van der Waals surface area (Å²) in [7, 11) is 1.57. The molecule has 5 atom stereocenters. The number of nitrogens with one attached hydrogen (secondary N) is 1. The van der Waals surface area contributed by atoms with Crippen molar-refractivity contribution in [1.29, 1.82) is 0 Å². The number of hydrogen-bond acceptors (Lipinski definition) is 6. The van der Waals surface area contributed by atoms with Crippen LogP contribution in [0, 0.1) is 5.92 Å². The van der Waals surface area contributed by atoms with E-state index in [-0.39, 0.29) is 11.8 Å². The minimum atomic E-state index is -0.867. The summed E-state index contributed by atoms with van der Waals surface area (Å²) in [5, 5.41) is 2.99. The second-order valence-corrected chi connectivity index (χ2v) is 10.7. The zero-order valence-corrected chi connectivity index (χ0v) is 22.3. The van der Waals surface area contributed by atoms with E-state index >= 15 is 0 Å². The summed E-state index contributed by atoms with van der Waals surface area (Å²) in [5.74, 6) is -0.986. The first-order valence-electron chi connectivity index (χ1n) is 11.9. The van der Waals surface area contributed by atoms with Crippen molar-refractivity contribution in [2.75, 3.05) is 7.11 Å². The van der Waals surface area contributed by atoms with Crippen molar-refractivity contribution < 1.29 is 28.6 Å². The van der Waals surface area contributed by atoms with Gasteiger partial charge in [0.15, 0.2) is 0 Å². The number of esters is 1. The minimum absolute atomic E-state index is 0.228. The van der Waals surface area contributed by atoms with Crippen LogP contribution in [0.25, 0.3) is 0 Å². The van der Waals surface area contributed by atoms with Crippen LogP contribution in [0.5, 0.6) is 0 Å². The Morgan fingerprint density at radius 2 is 1.71 bits per heavy atom. The fourth-order valence-electron chi connectivity index (χ4n) is 4.31. The van der Waals surface area contributed by atoms with Gasteiger partial charge in [0.2, 0.25) is 5.91 Å². The highest BCUT2D eigenvalue weighted by atomic mass is 16.6. The van der Waals surface area contributed by atoms with Crippen molar-refractivity contribution in [2.24, 2.45) is 5.92 Å². The Morgan fingerprint density at radius 1 is 1.12 bits per heavy atom. The smallest absolute Gasteiger partial charge is 0.411 e. The number of allylic oxidation sites excluding steroid dienone is 2. The average molecular weight is 481 g/mol. The van der Waals surface area contributed by atoms with Crippen LogP contribution < -0.4 is 5.32 Å². The molecule has 8 nitrogen and oxygen atoms in total. The zero-order chi connectivity index (χ0) is 26.3. The number of methoxy groups -OCH3 is 1. The van der Waals surface area contributed by atoms with Gasteiger partial charge in [0.1, 0.15) is 17.2 Å². The number of ether oxygens (including phenoxy) is 3. The molecule has 1 heterocycles. The Morgan fingerprint density at radius 3 is 2.15 bits per heavy atom. The Balaban J connectivity index is 3.62. The normalized spacial score (nSPS) is 22.9. The van der Waals surface area contributed by atoms with Crippen LogP contribution in [0.1, 0.15) is 74.7 Å². The number of hydrogen-bond donors (Lipinski definition) is 1. The summed E-state index contributed by atoms with van der Waals surface area (Å²) in [5.41, 5.74) is -1.49. The van der Waals surface area contributed by atoms with Gasteiger partial charge in [0.05, 0.1) is 18.2 Å². The molecule has 0 aromatic carbocycles. The minimum Gasteiger partial charge on any atom is -0.458 e. The summed E-state index contributed by atoms with van der Waals surface area (Å²) in [4.78, 5) is 40.5. The van der Waals surface area contributed by atoms with E-state index in [4.69, 9.17) is 14.2 Å². The standard InChI is InChI=1S/C26H44N2O6/c1-11-13-15-20(32-10)21(27-17(3)29)22-18(14-12-2)16-19(23(30)33-25(4,5)6)28(22)24(31)34-26(7,8)9/h11-12,14,18-22H,1,13,15-16H2,2-10H3,(H,27,29)/b14-12-/t18-,19-,20+,21+,22-/m1/s1. The van der Waals surface area contributed by atoms with E-state index in [1.165, 1.54) is 11.8 Å². The van der Waals surface area contributed by atoms with Crippen LogP contribution >= 0.6 is 0 Å². The van der Waals surface area contributed by atoms with E-state index in [1.54, 1.807) is 54.7 Å². The Hall–Kier alpha value is -2.35. The zero-order valence-electron chi connectivity index (χ0n) is 22.3. The molecule has 0 spiro atoms. The Bertz CT molecular complexity index is 749. The molecule has 1 fully saturated rings. The van der Waals surface area contributed by atoms with E-state index in [9.17, 15) is 14.4 Å². The van der Waals surface area contributed by atoms with Crippen LogP contribution in [-0.4, -0.2) is 65.4 Å². The predicted molar refractivity (Wildman–Crippen MR) is 132 cm³/mol. The van der Waals surface area contributed by atoms with Crippen LogP contribution in [0.15, 0.2) is 24.8 Å². The van der Waals surface area contributed by atoms with Gasteiger partial charge in [-0.15, -0.1) is 6.58 Å². The summed E-state index contributed by atoms with van der Waals surface area (Å²) < 4.78 is 17.2. The molecular weight excluding hydrogens is 436 g/mol. The van der Waals surface area contributed by atoms with Gasteiger partial charge < -0.3 is 19.5 Å². The highest BCUT2D eigenvalue weighted by Gasteiger charge is 2.53. The van der Waals surface area contributed by atoms with Crippen molar-refractivity contribution in [3.05, 3.63) is 24.8 Å². The fourth-order valence-corrected chi connectivity index (χ4v) is 4.31. The molecule has 8 heteroatoms. The molecule has 0 aromatic heterocycles. The predicted octanol–water partition coefficient (Wildman–Crippen LogP) is 4.38. The number of likely N-dealkylation sites (tertiary alicyclic amines) is 1. The second-order valence-electron chi connectivity index (χ2n) is 10.7. The fraction of sp³-hybridized carbons (Fsp3) is 0.731. The molecule has 34 heavy (non-hydrogen) atoms. The van der Waals surface area contributed by atoms with Crippen molar-refractivity contribution in [1.82, 2.24) is 10.2 Å². The third-order valence-electron chi connectivity index (χ3n) is 5.41. The number of nitrogens with zero attached hydrogens (tertiary/aromatic N) is 1. The first kappa shape index (κ1) is 29.7. The second kappa shape index (κ2) is 12.4. The Kier molecular flexibility index (Phi) is 10.8. The lowest BCUT2D eigenvalue weighted by Gasteiger charge is -2.40. The first-order chi connectivity index (χ1) is 15.6. The van der Waals surface area contributed by atoms with E-state index in [0.29, 0.717) is 19.3 Å². The lowest BCUT2D eigenvalue weighted by atomic mass is 9.88. The summed E-state index contributed by atoms with van der Waals surface area (Å²) >= 11 is 0.